The molecular weight excluding hydrogens is 410 g/mol. The van der Waals surface area contributed by atoms with Crippen LogP contribution >= 0.6 is 0 Å². The average Bonchev–Trinajstić information content (AvgIpc) is 3.42. The van der Waals surface area contributed by atoms with Crippen molar-refractivity contribution in [1.29, 1.82) is 0 Å². The highest BCUT2D eigenvalue weighted by Crippen LogP contribution is 2.37. The van der Waals surface area contributed by atoms with Crippen LogP contribution in [0.5, 0.6) is 5.75 Å². The molecule has 0 bridgehead atoms. The van der Waals surface area contributed by atoms with Crippen molar-refractivity contribution in [2.45, 2.75) is 25.3 Å². The van der Waals surface area contributed by atoms with Crippen molar-refractivity contribution in [3.63, 3.8) is 0 Å². The van der Waals surface area contributed by atoms with Gasteiger partial charge in [-0.1, -0.05) is 23.4 Å². The molecule has 4 aromatic rings. The fourth-order valence-electron chi connectivity index (χ4n) is 4.26. The van der Waals surface area contributed by atoms with Crippen molar-refractivity contribution in [2.75, 3.05) is 7.11 Å². The fourth-order valence-corrected chi connectivity index (χ4v) is 4.26. The highest BCUT2D eigenvalue weighted by atomic mass is 16.5. The number of hydrogen-bond donors (Lipinski definition) is 3. The smallest absolute Gasteiger partial charge is 0.326 e. The Balaban J connectivity index is 1.39. The van der Waals surface area contributed by atoms with Crippen LogP contribution in [-0.4, -0.2) is 40.3 Å². The van der Waals surface area contributed by atoms with Gasteiger partial charge in [0.25, 0.3) is 5.91 Å². The van der Waals surface area contributed by atoms with Crippen LogP contribution in [0.15, 0.2) is 53.2 Å². The van der Waals surface area contributed by atoms with Crippen molar-refractivity contribution < 1.29 is 24.0 Å². The van der Waals surface area contributed by atoms with Crippen LogP contribution in [-0.2, 0) is 24.1 Å². The molecule has 2 aromatic heterocycles. The molecule has 0 unspecified atom stereocenters. The number of aliphatic carboxylic acids is 1. The lowest BCUT2D eigenvalue weighted by Gasteiger charge is -2.17. The first-order valence-electron chi connectivity index (χ1n) is 10.3. The molecule has 0 spiro atoms. The van der Waals surface area contributed by atoms with Gasteiger partial charge in [0.1, 0.15) is 11.8 Å². The molecule has 3 N–H and O–H groups in total. The minimum absolute atomic E-state index is 0.131. The van der Waals surface area contributed by atoms with E-state index in [1.807, 2.05) is 42.5 Å². The quantitative estimate of drug-likeness (QED) is 0.431. The van der Waals surface area contributed by atoms with Crippen LogP contribution in [0, 0.1) is 0 Å². The van der Waals surface area contributed by atoms with E-state index >= 15 is 0 Å². The Morgan fingerprint density at radius 1 is 1.25 bits per heavy atom. The number of aromatic nitrogens is 2. The number of fused-ring (bicyclic) bond motifs is 4. The first-order valence-corrected chi connectivity index (χ1v) is 10.3. The Kier molecular flexibility index (Phi) is 4.89. The maximum Gasteiger partial charge on any atom is 0.326 e. The van der Waals surface area contributed by atoms with Crippen molar-refractivity contribution in [1.82, 2.24) is 15.5 Å². The van der Waals surface area contributed by atoms with Crippen LogP contribution in [0.3, 0.4) is 0 Å². The van der Waals surface area contributed by atoms with E-state index in [1.54, 1.807) is 13.3 Å². The number of benzene rings is 2. The lowest BCUT2D eigenvalue weighted by molar-refractivity contribution is -0.139. The predicted octanol–water partition coefficient (Wildman–Crippen LogP) is 3.36. The Morgan fingerprint density at radius 3 is 2.91 bits per heavy atom. The van der Waals surface area contributed by atoms with Gasteiger partial charge in [-0.25, -0.2) is 4.79 Å². The van der Waals surface area contributed by atoms with E-state index in [-0.39, 0.29) is 12.1 Å². The van der Waals surface area contributed by atoms with E-state index in [2.05, 4.69) is 15.5 Å². The second kappa shape index (κ2) is 7.88. The maximum atomic E-state index is 13.0. The number of aromatic amines is 1. The molecule has 1 atom stereocenters. The van der Waals surface area contributed by atoms with E-state index in [4.69, 9.17) is 9.26 Å². The predicted molar refractivity (Wildman–Crippen MR) is 117 cm³/mol. The van der Waals surface area contributed by atoms with Crippen LogP contribution in [0.2, 0.25) is 0 Å². The summed E-state index contributed by atoms with van der Waals surface area (Å²) in [6.07, 6.45) is 3.20. The number of carbonyl (C=O) groups excluding carboxylic acids is 1. The van der Waals surface area contributed by atoms with Gasteiger partial charge >= 0.3 is 5.97 Å². The fraction of sp³-hybridized carbons (Fsp3) is 0.208. The van der Waals surface area contributed by atoms with Crippen molar-refractivity contribution in [3.05, 3.63) is 71.0 Å². The van der Waals surface area contributed by atoms with Crippen LogP contribution in [0.4, 0.5) is 0 Å². The molecule has 1 aliphatic rings. The van der Waals surface area contributed by atoms with Gasteiger partial charge in [-0.05, 0) is 48.2 Å². The van der Waals surface area contributed by atoms with Gasteiger partial charge in [0, 0.05) is 34.6 Å². The molecular formula is C24H21N3O5. The third-order valence-corrected chi connectivity index (χ3v) is 5.91. The summed E-state index contributed by atoms with van der Waals surface area (Å²) in [5.41, 5.74) is 4.48. The van der Waals surface area contributed by atoms with E-state index in [0.717, 1.165) is 33.3 Å². The minimum atomic E-state index is -1.11. The number of nitrogens with one attached hydrogen (secondary N) is 2. The number of carbonyl (C=O) groups is 2. The Labute approximate surface area is 183 Å². The SMILES string of the molecule is COc1ccc2c(c1)CCc1c(C(=O)N[C@@H](Cc3c[nH]c4ccccc34)C(=O)O)noc1-2. The topological polar surface area (TPSA) is 117 Å². The second-order valence-corrected chi connectivity index (χ2v) is 7.79. The standard InChI is InChI=1S/C24H21N3O5/c1-31-15-7-9-17-13(10-15)6-8-18-21(27-32-22(17)18)23(28)26-20(24(29)30)11-14-12-25-19-5-3-2-4-16(14)19/h2-5,7,9-10,12,20,25H,6,8,11H2,1H3,(H,26,28)(H,29,30)/t20-/m0/s1. The monoisotopic (exact) mass is 431 g/mol. The third-order valence-electron chi connectivity index (χ3n) is 5.91. The Bertz CT molecular complexity index is 1340. The molecule has 0 saturated heterocycles. The van der Waals surface area contributed by atoms with Gasteiger partial charge < -0.3 is 24.7 Å². The number of hydrogen-bond acceptors (Lipinski definition) is 5. The molecule has 2 heterocycles. The van der Waals surface area contributed by atoms with Gasteiger partial charge in [0.05, 0.1) is 7.11 Å². The number of carboxylic acid groups (broad SMARTS) is 1. The molecule has 0 fully saturated rings. The lowest BCUT2D eigenvalue weighted by atomic mass is 9.89. The number of aryl methyl sites for hydroxylation is 1. The molecule has 32 heavy (non-hydrogen) atoms. The largest absolute Gasteiger partial charge is 0.497 e. The Hall–Kier alpha value is -4.07. The zero-order valence-electron chi connectivity index (χ0n) is 17.3. The van der Waals surface area contributed by atoms with Gasteiger partial charge in [0.2, 0.25) is 0 Å². The molecule has 8 heteroatoms. The highest BCUT2D eigenvalue weighted by molar-refractivity contribution is 5.98. The first kappa shape index (κ1) is 19.9. The number of rotatable bonds is 6. The van der Waals surface area contributed by atoms with E-state index in [9.17, 15) is 14.7 Å². The van der Waals surface area contributed by atoms with Crippen molar-refractivity contribution >= 4 is 22.8 Å². The van der Waals surface area contributed by atoms with E-state index in [1.165, 1.54) is 0 Å². The molecule has 5 rings (SSSR count). The van der Waals surface area contributed by atoms with Gasteiger partial charge in [0.15, 0.2) is 11.5 Å². The molecule has 0 aliphatic heterocycles. The number of nitrogens with zero attached hydrogens (tertiary/aromatic N) is 1. The molecule has 1 amide bonds. The van der Waals surface area contributed by atoms with Gasteiger partial charge in [-0.15, -0.1) is 0 Å². The van der Waals surface area contributed by atoms with Gasteiger partial charge in [-0.3, -0.25) is 4.79 Å². The third kappa shape index (κ3) is 3.39. The summed E-state index contributed by atoms with van der Waals surface area (Å²) in [6, 6.07) is 12.2. The van der Waals surface area contributed by atoms with Crippen LogP contribution in [0.25, 0.3) is 22.2 Å². The number of carboxylic acids is 1. The molecule has 0 saturated carbocycles. The minimum Gasteiger partial charge on any atom is -0.497 e. The van der Waals surface area contributed by atoms with Crippen LogP contribution < -0.4 is 10.1 Å². The van der Waals surface area contributed by atoms with Crippen LogP contribution in [0.1, 0.15) is 27.2 Å². The molecule has 0 radical (unpaired) electrons. The van der Waals surface area contributed by atoms with Gasteiger partial charge in [-0.2, -0.15) is 0 Å². The Morgan fingerprint density at radius 2 is 2.09 bits per heavy atom. The molecule has 2 aromatic carbocycles. The summed E-state index contributed by atoms with van der Waals surface area (Å²) >= 11 is 0. The lowest BCUT2D eigenvalue weighted by Crippen LogP contribution is -2.42. The summed E-state index contributed by atoms with van der Waals surface area (Å²) < 4.78 is 10.8. The van der Waals surface area contributed by atoms with Crippen molar-refractivity contribution in [3.8, 4) is 17.1 Å². The van der Waals surface area contributed by atoms with E-state index in [0.29, 0.717) is 24.2 Å². The number of ether oxygens (including phenoxy) is 1. The van der Waals surface area contributed by atoms with E-state index < -0.39 is 17.9 Å². The molecule has 162 valence electrons. The zero-order chi connectivity index (χ0) is 22.2. The maximum absolute atomic E-state index is 13.0. The zero-order valence-corrected chi connectivity index (χ0v) is 17.3. The number of methoxy groups -OCH3 is 1. The molecule has 8 nitrogen and oxygen atoms in total. The summed E-state index contributed by atoms with van der Waals surface area (Å²) in [4.78, 5) is 28.0. The second-order valence-electron chi connectivity index (χ2n) is 7.79. The van der Waals surface area contributed by atoms with Crippen molar-refractivity contribution in [2.24, 2.45) is 0 Å². The average molecular weight is 431 g/mol. The summed E-state index contributed by atoms with van der Waals surface area (Å²) in [6.45, 7) is 0. The highest BCUT2D eigenvalue weighted by Gasteiger charge is 2.30. The number of para-hydroxylation sites is 1. The summed E-state index contributed by atoms with van der Waals surface area (Å²) in [5.74, 6) is -0.369. The number of H-pyrrole nitrogens is 1. The number of amides is 1. The normalized spacial score (nSPS) is 13.3. The first-order chi connectivity index (χ1) is 15.5. The summed E-state index contributed by atoms with van der Waals surface area (Å²) in [5, 5.41) is 17.3. The molecule has 1 aliphatic carbocycles. The summed E-state index contributed by atoms with van der Waals surface area (Å²) in [7, 11) is 1.61.